The van der Waals surface area contributed by atoms with Crippen LogP contribution in [0.25, 0.3) is 0 Å². The fourth-order valence-electron chi connectivity index (χ4n) is 3.90. The van der Waals surface area contributed by atoms with E-state index in [2.05, 4.69) is 11.4 Å². The van der Waals surface area contributed by atoms with Gasteiger partial charge in [-0.15, -0.1) is 0 Å². The number of carbonyl (C=O) groups is 1. The molecule has 0 bridgehead atoms. The van der Waals surface area contributed by atoms with E-state index in [1.54, 1.807) is 36.4 Å². The summed E-state index contributed by atoms with van der Waals surface area (Å²) in [5.74, 6) is 0.700. The lowest BCUT2D eigenvalue weighted by molar-refractivity contribution is 0.0785. The van der Waals surface area contributed by atoms with Crippen LogP contribution < -0.4 is 10.1 Å². The maximum atomic E-state index is 13.8. The smallest absolute Gasteiger partial charge is 0.406 e. The van der Waals surface area contributed by atoms with Crippen LogP contribution in [0.5, 0.6) is 5.75 Å². The van der Waals surface area contributed by atoms with Crippen LogP contribution >= 0.6 is 0 Å². The molecule has 3 atom stereocenters. The Hall–Kier alpha value is -3.13. The van der Waals surface area contributed by atoms with Gasteiger partial charge in [-0.25, -0.2) is 13.2 Å². The molecule has 190 valence electrons. The molecule has 0 aliphatic rings. The van der Waals surface area contributed by atoms with Gasteiger partial charge in [-0.1, -0.05) is 43.7 Å². The van der Waals surface area contributed by atoms with Crippen molar-refractivity contribution in [3.05, 3.63) is 59.7 Å². The number of aliphatic hydroxyl groups is 1. The second-order valence-electron chi connectivity index (χ2n) is 8.32. The van der Waals surface area contributed by atoms with Gasteiger partial charge in [0.05, 0.1) is 24.2 Å². The first-order valence-corrected chi connectivity index (χ1v) is 12.8. The number of rotatable bonds is 13. The molecule has 1 unspecified atom stereocenters. The van der Waals surface area contributed by atoms with Crippen molar-refractivity contribution in [1.82, 2.24) is 9.62 Å². The molecule has 0 saturated heterocycles. The summed E-state index contributed by atoms with van der Waals surface area (Å²) in [5, 5.41) is 30.7. The van der Waals surface area contributed by atoms with Crippen molar-refractivity contribution in [2.75, 3.05) is 7.11 Å². The lowest BCUT2D eigenvalue weighted by Crippen LogP contribution is -2.55. The van der Waals surface area contributed by atoms with Crippen LogP contribution in [-0.4, -0.2) is 48.4 Å². The predicted molar refractivity (Wildman–Crippen MR) is 131 cm³/mol. The van der Waals surface area contributed by atoms with Gasteiger partial charge in [0.25, 0.3) is 0 Å². The van der Waals surface area contributed by atoms with Crippen LogP contribution in [0, 0.1) is 17.2 Å². The van der Waals surface area contributed by atoms with E-state index < -0.39 is 28.4 Å². The molecule has 2 aromatic rings. The van der Waals surface area contributed by atoms with Gasteiger partial charge in [-0.05, 0) is 55.0 Å². The molecule has 0 saturated carbocycles. The summed E-state index contributed by atoms with van der Waals surface area (Å²) in [7, 11) is -2.75. The first-order valence-electron chi connectivity index (χ1n) is 11.4. The van der Waals surface area contributed by atoms with Crippen LogP contribution in [0.2, 0.25) is 0 Å². The van der Waals surface area contributed by atoms with E-state index in [0.29, 0.717) is 36.1 Å². The molecule has 0 fully saturated rings. The summed E-state index contributed by atoms with van der Waals surface area (Å²) in [6.07, 6.45) is -1.77. The van der Waals surface area contributed by atoms with Gasteiger partial charge < -0.3 is 20.3 Å². The highest BCUT2D eigenvalue weighted by atomic mass is 32.2. The molecule has 2 rings (SSSR count). The molecule has 0 radical (unpaired) electrons. The van der Waals surface area contributed by atoms with E-state index in [0.717, 1.165) is 10.7 Å². The van der Waals surface area contributed by atoms with Crippen molar-refractivity contribution in [2.45, 2.75) is 63.2 Å². The number of hydrogen-bond acceptors (Lipinski definition) is 6. The van der Waals surface area contributed by atoms with E-state index in [9.17, 15) is 23.4 Å². The second-order valence-corrected chi connectivity index (χ2v) is 10.2. The van der Waals surface area contributed by atoms with Crippen LogP contribution in [0.15, 0.2) is 53.4 Å². The minimum atomic E-state index is -4.26. The van der Waals surface area contributed by atoms with Gasteiger partial charge in [0.2, 0.25) is 10.0 Å². The Bertz CT molecular complexity index is 1120. The number of methoxy groups -OCH3 is 1. The highest BCUT2D eigenvalue weighted by Crippen LogP contribution is 2.30. The third-order valence-electron chi connectivity index (χ3n) is 5.83. The number of benzene rings is 2. The van der Waals surface area contributed by atoms with Gasteiger partial charge in [-0.2, -0.15) is 9.57 Å². The lowest BCUT2D eigenvalue weighted by Gasteiger charge is -2.32. The number of aliphatic hydroxyl groups excluding tert-OH is 1. The maximum absolute atomic E-state index is 13.8. The molecular formula is C25H33N3O6S. The molecule has 3 N–H and O–H groups in total. The first-order chi connectivity index (χ1) is 16.6. The van der Waals surface area contributed by atoms with Gasteiger partial charge in [0.15, 0.2) is 0 Å². The van der Waals surface area contributed by atoms with Crippen molar-refractivity contribution in [1.29, 1.82) is 5.26 Å². The van der Waals surface area contributed by atoms with Crippen molar-refractivity contribution < 1.29 is 28.2 Å². The van der Waals surface area contributed by atoms with Crippen molar-refractivity contribution in [3.8, 4) is 11.8 Å². The van der Waals surface area contributed by atoms with Crippen molar-refractivity contribution >= 4 is 16.1 Å². The molecule has 9 nitrogen and oxygen atoms in total. The zero-order valence-corrected chi connectivity index (χ0v) is 21.0. The van der Waals surface area contributed by atoms with Crippen LogP contribution in [0.3, 0.4) is 0 Å². The summed E-state index contributed by atoms with van der Waals surface area (Å²) in [6, 6.07) is 15.4. The molecule has 35 heavy (non-hydrogen) atoms. The normalized spacial score (nSPS) is 14.1. The van der Waals surface area contributed by atoms with Crippen LogP contribution in [-0.2, 0) is 23.0 Å². The Kier molecular flexibility index (Phi) is 10.5. The number of nitrogens with one attached hydrogen (secondary N) is 1. The second kappa shape index (κ2) is 13.1. The molecule has 10 heteroatoms. The summed E-state index contributed by atoms with van der Waals surface area (Å²) >= 11 is 0. The number of sulfonamides is 1. The fraction of sp³-hybridized carbons (Fsp3) is 0.440. The Morgan fingerprint density at radius 1 is 1.23 bits per heavy atom. The number of nitrogens with zero attached hydrogens (tertiary/aromatic N) is 2. The molecule has 1 amide bonds. The topological polar surface area (TPSA) is 140 Å². The number of nitriles is 1. The summed E-state index contributed by atoms with van der Waals surface area (Å²) in [6.45, 7) is 3.19. The summed E-state index contributed by atoms with van der Waals surface area (Å²) < 4.78 is 34.1. The average Bonchev–Trinajstić information content (AvgIpc) is 2.83. The predicted octanol–water partition coefficient (Wildman–Crippen LogP) is 3.73. The summed E-state index contributed by atoms with van der Waals surface area (Å²) in [4.78, 5) is 11.4. The zero-order chi connectivity index (χ0) is 26.0. The monoisotopic (exact) mass is 503 g/mol. The Morgan fingerprint density at radius 3 is 2.46 bits per heavy atom. The quantitative estimate of drug-likeness (QED) is 0.354. The van der Waals surface area contributed by atoms with E-state index in [4.69, 9.17) is 10.00 Å². The van der Waals surface area contributed by atoms with E-state index in [1.807, 2.05) is 6.92 Å². The van der Waals surface area contributed by atoms with E-state index in [-0.39, 0.29) is 17.4 Å². The zero-order valence-electron chi connectivity index (χ0n) is 20.2. The largest absolute Gasteiger partial charge is 0.496 e. The SMILES string of the molecule is CCC(CCC#N)Cc1cc(S(=O)(=O)N(Cc2ccccc2)[C@H](NC(=O)O)[C@@H](C)O)ccc1OC. The van der Waals surface area contributed by atoms with Crippen molar-refractivity contribution in [2.24, 2.45) is 5.92 Å². The van der Waals surface area contributed by atoms with Crippen molar-refractivity contribution in [3.63, 3.8) is 0 Å². The van der Waals surface area contributed by atoms with Crippen LogP contribution in [0.1, 0.15) is 44.2 Å². The molecule has 0 aliphatic heterocycles. The number of ether oxygens (including phenoxy) is 1. The van der Waals surface area contributed by atoms with Gasteiger partial charge >= 0.3 is 6.09 Å². The highest BCUT2D eigenvalue weighted by Gasteiger charge is 2.36. The van der Waals surface area contributed by atoms with Crippen LogP contribution in [0.4, 0.5) is 4.79 Å². The molecule has 0 heterocycles. The van der Waals surface area contributed by atoms with Gasteiger partial charge in [-0.3, -0.25) is 0 Å². The third-order valence-corrected chi connectivity index (χ3v) is 7.65. The lowest BCUT2D eigenvalue weighted by atomic mass is 9.92. The maximum Gasteiger partial charge on any atom is 0.406 e. The van der Waals surface area contributed by atoms with E-state index in [1.165, 1.54) is 26.2 Å². The fourth-order valence-corrected chi connectivity index (χ4v) is 5.55. The van der Waals surface area contributed by atoms with E-state index >= 15 is 0 Å². The Labute approximate surface area is 207 Å². The Morgan fingerprint density at radius 2 is 1.91 bits per heavy atom. The first kappa shape index (κ1) is 28.1. The van der Waals surface area contributed by atoms with Gasteiger partial charge in [0, 0.05) is 13.0 Å². The summed E-state index contributed by atoms with van der Waals surface area (Å²) in [5.41, 5.74) is 1.31. The van der Waals surface area contributed by atoms with Gasteiger partial charge in [0.1, 0.15) is 11.9 Å². The average molecular weight is 504 g/mol. The molecule has 0 aromatic heterocycles. The molecule has 2 aromatic carbocycles. The minimum absolute atomic E-state index is 0.0443. The highest BCUT2D eigenvalue weighted by molar-refractivity contribution is 7.89. The number of carboxylic acid groups (broad SMARTS) is 1. The molecule has 0 aliphatic carbocycles. The molecular weight excluding hydrogens is 470 g/mol. The Balaban J connectivity index is 2.55. The number of hydrogen-bond donors (Lipinski definition) is 3. The standard InChI is InChI=1S/C25H33N3O6S/c1-4-19(11-8-14-26)15-21-16-22(12-13-23(21)34-3)35(32,33)28(17-20-9-6-5-7-10-20)24(18(2)29)27-25(30)31/h5-7,9-10,12-13,16,18-19,24,27,29H,4,8,11,15,17H2,1-3H3,(H,30,31)/t18-,19?,24+/m1/s1. The molecule has 0 spiro atoms. The number of amides is 1. The minimum Gasteiger partial charge on any atom is -0.496 e. The third kappa shape index (κ3) is 7.68.